The van der Waals surface area contributed by atoms with Crippen LogP contribution in [0.2, 0.25) is 97.7 Å². The lowest BCUT2D eigenvalue weighted by atomic mass is 10.3. The molecule has 0 aliphatic carbocycles. The Labute approximate surface area is 352 Å². The summed E-state index contributed by atoms with van der Waals surface area (Å²) in [4.78, 5) is 9.40. The summed E-state index contributed by atoms with van der Waals surface area (Å²) < 4.78 is 49.6. The van der Waals surface area contributed by atoms with Crippen LogP contribution >= 0.6 is 0 Å². The fourth-order valence-corrected chi connectivity index (χ4v) is 45.1. The Morgan fingerprint density at radius 2 is 0.707 bits per heavy atom. The van der Waals surface area contributed by atoms with Crippen molar-refractivity contribution in [3.63, 3.8) is 0 Å². The minimum Gasteiger partial charge on any atom is -0.508 e. The lowest BCUT2D eigenvalue weighted by Gasteiger charge is -2.46. The average molecular weight is 950 g/mol. The number of hydrogen-bond acceptors (Lipinski definition) is 15. The number of phenols is 3. The van der Waals surface area contributed by atoms with Crippen LogP contribution in [0, 0.1) is 0 Å². The van der Waals surface area contributed by atoms with Gasteiger partial charge in [-0.05, 0) is 165 Å². The number of aromatic hydroxyl groups is 3. The maximum Gasteiger partial charge on any atom is 0.351 e. The van der Waals surface area contributed by atoms with Gasteiger partial charge in [-0.25, -0.2) is 9.78 Å². The summed E-state index contributed by atoms with van der Waals surface area (Å²) in [7, 11) is -22.6. The number of benzene rings is 3. The van der Waals surface area contributed by atoms with Gasteiger partial charge in [0, 0.05) is 0 Å². The maximum atomic E-state index is 10.3. The molecule has 0 aliphatic heterocycles. The highest BCUT2D eigenvalue weighted by Gasteiger charge is 2.54. The minimum atomic E-state index is -3.49. The molecule has 0 saturated carbocycles. The second-order valence-electron chi connectivity index (χ2n) is 17.2. The molecule has 3 rings (SSSR count). The van der Waals surface area contributed by atoms with Crippen LogP contribution in [0.4, 0.5) is 0 Å². The molecule has 0 amide bonds. The predicted octanol–water partition coefficient (Wildman–Crippen LogP) is 6.68. The SMILES string of the molecule is COOOOOCC[Si](C)(C)O[Si](C)(O[Si](C)(C)O[Si](C)(O[Si](C)(C)O[Si](C)(O[Si](C)(C)O[Si](C)(C)C)c1ccc(O)cc1)c1ccc(O)cc1)c1ccc(O)cc1. The van der Waals surface area contributed by atoms with E-state index in [0.29, 0.717) is 6.04 Å². The summed E-state index contributed by atoms with van der Waals surface area (Å²) in [5.41, 5.74) is 0. The molecule has 3 atom stereocenters. The predicted molar refractivity (Wildman–Crippen MR) is 240 cm³/mol. The molecule has 0 spiro atoms. The van der Waals surface area contributed by atoms with Crippen molar-refractivity contribution in [2.24, 2.45) is 0 Å². The third kappa shape index (κ3) is 16.3. The Hall–Kier alpha value is -1.68. The monoisotopic (exact) mass is 948 g/mol. The molecule has 0 aliphatic rings. The molecule has 23 heteroatoms. The third-order valence-electron chi connectivity index (χ3n) is 8.36. The molecular weight excluding hydrogens is 885 g/mol. The molecule has 0 bridgehead atoms. The first-order chi connectivity index (χ1) is 26.5. The Morgan fingerprint density at radius 3 is 1.02 bits per heavy atom. The largest absolute Gasteiger partial charge is 0.508 e. The van der Waals surface area contributed by atoms with E-state index in [0.717, 1.165) is 15.6 Å². The van der Waals surface area contributed by atoms with Gasteiger partial charge in [0.05, 0.1) is 13.7 Å². The second-order valence-corrected chi connectivity index (χ2v) is 47.0. The zero-order chi connectivity index (χ0) is 43.8. The highest BCUT2D eigenvalue weighted by molar-refractivity contribution is 6.99. The smallest absolute Gasteiger partial charge is 0.351 e. The van der Waals surface area contributed by atoms with E-state index >= 15 is 0 Å². The highest BCUT2D eigenvalue weighted by Crippen LogP contribution is 2.31. The van der Waals surface area contributed by atoms with Crippen LogP contribution in [0.5, 0.6) is 17.2 Å². The van der Waals surface area contributed by atoms with Gasteiger partial charge in [-0.15, -0.1) is 0 Å². The standard InChI is InChI=1S/C35H64O15Si8/c1-39-41-43-42-40-28-29-52(5,6)45-56(13,33-22-16-30(36)17-23-33)47-54(9,10)48-58(15,35-26-20-32(38)21-27-35)50-55(11,12)49-57(14,34-24-18-31(37)19-25-34)46-53(7,8)44-51(2,3)4/h16-27,36-38H,28-29H2,1-15H3. The summed E-state index contributed by atoms with van der Waals surface area (Å²) in [5.74, 6) is 0.362. The summed E-state index contributed by atoms with van der Waals surface area (Å²) in [6.45, 7) is 28.5. The van der Waals surface area contributed by atoms with Crippen molar-refractivity contribution in [2.75, 3.05) is 13.7 Å². The summed E-state index contributed by atoms with van der Waals surface area (Å²) in [6.07, 6.45) is 0. The van der Waals surface area contributed by atoms with Gasteiger partial charge in [0.2, 0.25) is 0 Å². The van der Waals surface area contributed by atoms with Gasteiger partial charge in [-0.2, -0.15) is 0 Å². The first-order valence-electron chi connectivity index (χ1n) is 19.0. The van der Waals surface area contributed by atoms with Crippen molar-refractivity contribution in [3.05, 3.63) is 72.8 Å². The lowest BCUT2D eigenvalue weighted by molar-refractivity contribution is -0.704. The van der Waals surface area contributed by atoms with Crippen LogP contribution in [-0.4, -0.2) is 97.0 Å². The number of rotatable bonds is 24. The van der Waals surface area contributed by atoms with E-state index < -0.39 is 68.0 Å². The quantitative estimate of drug-likeness (QED) is 0.0376. The fraction of sp³-hybridized carbons (Fsp3) is 0.486. The lowest BCUT2D eigenvalue weighted by Crippen LogP contribution is -2.69. The Bertz CT molecular complexity index is 1730. The molecule has 0 radical (unpaired) electrons. The molecule has 0 saturated heterocycles. The van der Waals surface area contributed by atoms with Gasteiger partial charge < -0.3 is 44.1 Å². The van der Waals surface area contributed by atoms with E-state index in [-0.39, 0.29) is 23.9 Å². The highest BCUT2D eigenvalue weighted by atomic mass is 28.5. The maximum absolute atomic E-state index is 10.3. The molecule has 0 heterocycles. The van der Waals surface area contributed by atoms with Gasteiger partial charge in [0.25, 0.3) is 0 Å². The first kappa shape index (κ1) is 50.7. The second kappa shape index (κ2) is 20.0. The van der Waals surface area contributed by atoms with E-state index in [9.17, 15) is 15.3 Å². The van der Waals surface area contributed by atoms with Gasteiger partial charge in [-0.1, -0.05) is 36.4 Å². The average Bonchev–Trinajstić information content (AvgIpc) is 3.04. The molecule has 3 N–H and O–H groups in total. The molecule has 58 heavy (non-hydrogen) atoms. The normalized spacial score (nSPS) is 16.4. The van der Waals surface area contributed by atoms with E-state index in [4.69, 9.17) is 33.7 Å². The molecule has 0 fully saturated rings. The van der Waals surface area contributed by atoms with Crippen molar-refractivity contribution in [2.45, 2.75) is 97.7 Å². The van der Waals surface area contributed by atoms with Crippen LogP contribution in [0.15, 0.2) is 72.8 Å². The van der Waals surface area contributed by atoms with E-state index in [1.54, 1.807) is 36.4 Å². The summed E-state index contributed by atoms with van der Waals surface area (Å²) in [5, 5.41) is 46.1. The molecule has 3 aromatic rings. The first-order valence-corrected chi connectivity index (χ1v) is 40.9. The fourth-order valence-electron chi connectivity index (χ4n) is 6.81. The van der Waals surface area contributed by atoms with Crippen LogP contribution in [-0.2, 0) is 53.7 Å². The van der Waals surface area contributed by atoms with Crippen molar-refractivity contribution < 1.29 is 69.0 Å². The number of hydrogen-bond donors (Lipinski definition) is 3. The van der Waals surface area contributed by atoms with Crippen LogP contribution in [0.3, 0.4) is 0 Å². The van der Waals surface area contributed by atoms with Crippen molar-refractivity contribution in [3.8, 4) is 17.2 Å². The molecular formula is C35H64O15Si8. The van der Waals surface area contributed by atoms with Crippen molar-refractivity contribution in [1.29, 1.82) is 0 Å². The molecule has 3 aromatic carbocycles. The summed E-state index contributed by atoms with van der Waals surface area (Å²) >= 11 is 0. The Kier molecular flexibility index (Phi) is 17.5. The Morgan fingerprint density at radius 1 is 0.397 bits per heavy atom. The summed E-state index contributed by atoms with van der Waals surface area (Å²) in [6, 6.07) is 21.2. The van der Waals surface area contributed by atoms with E-state index in [1.165, 1.54) is 7.11 Å². The topological polar surface area (TPSA) is 171 Å². The molecule has 326 valence electrons. The zero-order valence-corrected chi connectivity index (χ0v) is 44.6. The van der Waals surface area contributed by atoms with Crippen LogP contribution in [0.1, 0.15) is 0 Å². The Balaban J connectivity index is 2.03. The third-order valence-corrected chi connectivity index (χ3v) is 39.7. The van der Waals surface area contributed by atoms with Gasteiger partial charge in [-0.3, -0.25) is 0 Å². The van der Waals surface area contributed by atoms with Gasteiger partial charge in [0.1, 0.15) is 17.2 Å². The van der Waals surface area contributed by atoms with Crippen LogP contribution in [0.25, 0.3) is 0 Å². The molecule has 3 unspecified atom stereocenters. The van der Waals surface area contributed by atoms with Crippen molar-refractivity contribution >= 4 is 83.6 Å². The van der Waals surface area contributed by atoms with Crippen molar-refractivity contribution in [1.82, 2.24) is 0 Å². The van der Waals surface area contributed by atoms with Gasteiger partial charge in [0.15, 0.2) is 16.6 Å². The molecule has 0 aromatic heterocycles. The molecule has 15 nitrogen and oxygen atoms in total. The van der Waals surface area contributed by atoms with E-state index in [2.05, 4.69) is 39.6 Å². The number of phenolic OH excluding ortho intramolecular Hbond substituents is 3. The zero-order valence-electron chi connectivity index (χ0n) is 36.6. The van der Waals surface area contributed by atoms with Crippen LogP contribution < -0.4 is 15.6 Å². The minimum absolute atomic E-state index is 0.107. The van der Waals surface area contributed by atoms with Gasteiger partial charge >= 0.3 is 51.4 Å². The van der Waals surface area contributed by atoms with E-state index in [1.807, 2.05) is 108 Å².